The maximum absolute atomic E-state index is 12.5. The van der Waals surface area contributed by atoms with Gasteiger partial charge in [0, 0.05) is 28.5 Å². The highest BCUT2D eigenvalue weighted by atomic mass is 79.9. The minimum atomic E-state index is -0.188. The summed E-state index contributed by atoms with van der Waals surface area (Å²) in [5, 5.41) is 2.99. The topological polar surface area (TPSA) is 59.5 Å². The van der Waals surface area contributed by atoms with Gasteiger partial charge in [-0.05, 0) is 43.5 Å². The number of carbonyl (C=O) groups is 2. The number of aryl methyl sites for hydroxylation is 1. The first kappa shape index (κ1) is 19.0. The van der Waals surface area contributed by atoms with Gasteiger partial charge in [-0.25, -0.2) is 4.98 Å². The second-order valence-corrected chi connectivity index (χ2v) is 8.13. The van der Waals surface area contributed by atoms with Gasteiger partial charge < -0.3 is 9.64 Å². The van der Waals surface area contributed by atoms with Crippen molar-refractivity contribution in [2.75, 3.05) is 13.1 Å². The number of esters is 1. The van der Waals surface area contributed by atoms with Crippen LogP contribution in [0, 0.1) is 5.92 Å². The second kappa shape index (κ2) is 8.77. The van der Waals surface area contributed by atoms with Crippen LogP contribution in [0.4, 0.5) is 0 Å². The lowest BCUT2D eigenvalue weighted by Crippen LogP contribution is -2.40. The average Bonchev–Trinajstić information content (AvgIpc) is 3.14. The van der Waals surface area contributed by atoms with Gasteiger partial charge in [0.15, 0.2) is 0 Å². The number of piperidine rings is 1. The quantitative estimate of drug-likeness (QED) is 0.662. The number of likely N-dealkylation sites (tertiary alicyclic amines) is 1. The first-order chi connectivity index (χ1) is 12.6. The molecule has 2 heterocycles. The summed E-state index contributed by atoms with van der Waals surface area (Å²) in [6.07, 6.45) is 2.17. The van der Waals surface area contributed by atoms with Crippen LogP contribution in [0.5, 0.6) is 0 Å². The molecule has 138 valence electrons. The SMILES string of the molecule is CCc1nc(COC(=O)C2CCN(C(=O)c3ccc(Br)cc3)CC2)cs1. The van der Waals surface area contributed by atoms with Gasteiger partial charge in [-0.3, -0.25) is 9.59 Å². The number of ether oxygens (including phenoxy) is 1. The van der Waals surface area contributed by atoms with Crippen LogP contribution in [0.15, 0.2) is 34.1 Å². The molecule has 2 aromatic rings. The molecular formula is C19H21BrN2O3S. The summed E-state index contributed by atoms with van der Waals surface area (Å²) in [5.74, 6) is -0.320. The third kappa shape index (κ3) is 4.71. The van der Waals surface area contributed by atoms with Gasteiger partial charge in [-0.15, -0.1) is 11.3 Å². The first-order valence-corrected chi connectivity index (χ1v) is 10.4. The molecule has 0 bridgehead atoms. The number of thiazole rings is 1. The normalized spacial score (nSPS) is 15.1. The van der Waals surface area contributed by atoms with E-state index in [4.69, 9.17) is 4.74 Å². The molecule has 1 aliphatic heterocycles. The molecule has 0 radical (unpaired) electrons. The number of amides is 1. The fourth-order valence-corrected chi connectivity index (χ4v) is 3.93. The van der Waals surface area contributed by atoms with Gasteiger partial charge in [0.25, 0.3) is 5.91 Å². The number of rotatable bonds is 5. The third-order valence-electron chi connectivity index (χ3n) is 4.47. The zero-order valence-electron chi connectivity index (χ0n) is 14.6. The van der Waals surface area contributed by atoms with E-state index in [0.29, 0.717) is 31.5 Å². The zero-order valence-corrected chi connectivity index (χ0v) is 17.0. The number of carbonyl (C=O) groups excluding carboxylic acids is 2. The number of nitrogens with zero attached hydrogens (tertiary/aromatic N) is 2. The van der Waals surface area contributed by atoms with E-state index < -0.39 is 0 Å². The van der Waals surface area contributed by atoms with Crippen molar-refractivity contribution in [2.24, 2.45) is 5.92 Å². The molecule has 0 unspecified atom stereocenters. The van der Waals surface area contributed by atoms with Gasteiger partial charge in [0.05, 0.1) is 16.6 Å². The van der Waals surface area contributed by atoms with E-state index in [2.05, 4.69) is 27.8 Å². The van der Waals surface area contributed by atoms with Crippen LogP contribution in [-0.2, 0) is 22.6 Å². The summed E-state index contributed by atoms with van der Waals surface area (Å²) in [6, 6.07) is 7.34. The summed E-state index contributed by atoms with van der Waals surface area (Å²) in [7, 11) is 0. The van der Waals surface area contributed by atoms with E-state index in [9.17, 15) is 9.59 Å². The Labute approximate surface area is 165 Å². The fraction of sp³-hybridized carbons (Fsp3) is 0.421. The molecule has 0 spiro atoms. The third-order valence-corrected chi connectivity index (χ3v) is 6.04. The van der Waals surface area contributed by atoms with Crippen molar-refractivity contribution in [1.29, 1.82) is 0 Å². The molecule has 0 atom stereocenters. The van der Waals surface area contributed by atoms with E-state index in [0.717, 1.165) is 21.6 Å². The minimum absolute atomic E-state index is 0.0129. The lowest BCUT2D eigenvalue weighted by molar-refractivity contribution is -0.151. The summed E-state index contributed by atoms with van der Waals surface area (Å²) in [4.78, 5) is 31.0. The van der Waals surface area contributed by atoms with Crippen LogP contribution in [-0.4, -0.2) is 34.8 Å². The lowest BCUT2D eigenvalue weighted by atomic mass is 9.96. The number of aromatic nitrogens is 1. The van der Waals surface area contributed by atoms with E-state index in [-0.39, 0.29) is 24.4 Å². The van der Waals surface area contributed by atoms with Gasteiger partial charge >= 0.3 is 5.97 Å². The molecule has 7 heteroatoms. The molecule has 5 nitrogen and oxygen atoms in total. The smallest absolute Gasteiger partial charge is 0.309 e. The van der Waals surface area contributed by atoms with Crippen LogP contribution in [0.1, 0.15) is 40.8 Å². The van der Waals surface area contributed by atoms with Crippen molar-refractivity contribution < 1.29 is 14.3 Å². The summed E-state index contributed by atoms with van der Waals surface area (Å²) in [5.41, 5.74) is 1.48. The highest BCUT2D eigenvalue weighted by Gasteiger charge is 2.28. The molecule has 0 saturated carbocycles. The van der Waals surface area contributed by atoms with Gasteiger partial charge in [0.2, 0.25) is 0 Å². The Balaban J connectivity index is 1.47. The Bertz CT molecular complexity index is 767. The molecule has 26 heavy (non-hydrogen) atoms. The predicted molar refractivity (Wildman–Crippen MR) is 104 cm³/mol. The number of halogens is 1. The Morgan fingerprint density at radius 2 is 1.96 bits per heavy atom. The second-order valence-electron chi connectivity index (χ2n) is 6.27. The van der Waals surface area contributed by atoms with Gasteiger partial charge in [0.1, 0.15) is 6.61 Å². The number of hydrogen-bond donors (Lipinski definition) is 0. The molecule has 1 saturated heterocycles. The van der Waals surface area contributed by atoms with Crippen molar-refractivity contribution >= 4 is 39.1 Å². The minimum Gasteiger partial charge on any atom is -0.459 e. The molecule has 3 rings (SSSR count). The standard InChI is InChI=1S/C19H21BrN2O3S/c1-2-17-21-16(12-26-17)11-25-19(24)14-7-9-22(10-8-14)18(23)13-3-5-15(20)6-4-13/h3-6,12,14H,2,7-11H2,1H3. The monoisotopic (exact) mass is 436 g/mol. The average molecular weight is 437 g/mol. The Hall–Kier alpha value is -1.73. The van der Waals surface area contributed by atoms with Crippen LogP contribution in [0.3, 0.4) is 0 Å². The highest BCUT2D eigenvalue weighted by Crippen LogP contribution is 2.22. The number of benzene rings is 1. The molecule has 1 amide bonds. The summed E-state index contributed by atoms with van der Waals surface area (Å²) < 4.78 is 6.36. The van der Waals surface area contributed by atoms with Crippen molar-refractivity contribution in [3.8, 4) is 0 Å². The Kier molecular flexibility index (Phi) is 6.43. The highest BCUT2D eigenvalue weighted by molar-refractivity contribution is 9.10. The van der Waals surface area contributed by atoms with E-state index >= 15 is 0 Å². The maximum Gasteiger partial charge on any atom is 0.309 e. The van der Waals surface area contributed by atoms with Crippen LogP contribution in [0.2, 0.25) is 0 Å². The molecule has 1 aromatic heterocycles. The molecule has 1 aliphatic rings. The van der Waals surface area contributed by atoms with Crippen LogP contribution < -0.4 is 0 Å². The van der Waals surface area contributed by atoms with Crippen molar-refractivity contribution in [1.82, 2.24) is 9.88 Å². The fourth-order valence-electron chi connectivity index (χ4n) is 2.93. The largest absolute Gasteiger partial charge is 0.459 e. The lowest BCUT2D eigenvalue weighted by Gasteiger charge is -2.31. The molecule has 1 aromatic carbocycles. The van der Waals surface area contributed by atoms with Crippen LogP contribution in [0.25, 0.3) is 0 Å². The Morgan fingerprint density at radius 1 is 1.27 bits per heavy atom. The van der Waals surface area contributed by atoms with Gasteiger partial charge in [-0.1, -0.05) is 22.9 Å². The molecule has 0 aliphatic carbocycles. The zero-order chi connectivity index (χ0) is 18.5. The molecule has 1 fully saturated rings. The van der Waals surface area contributed by atoms with E-state index in [1.807, 2.05) is 29.6 Å². The Morgan fingerprint density at radius 3 is 2.58 bits per heavy atom. The van der Waals surface area contributed by atoms with Crippen molar-refractivity contribution in [2.45, 2.75) is 32.8 Å². The van der Waals surface area contributed by atoms with E-state index in [1.165, 1.54) is 0 Å². The summed E-state index contributed by atoms with van der Waals surface area (Å²) >= 11 is 4.96. The first-order valence-electron chi connectivity index (χ1n) is 8.71. The maximum atomic E-state index is 12.5. The summed E-state index contributed by atoms with van der Waals surface area (Å²) in [6.45, 7) is 3.43. The van der Waals surface area contributed by atoms with Gasteiger partial charge in [-0.2, -0.15) is 0 Å². The van der Waals surface area contributed by atoms with Crippen molar-refractivity contribution in [3.63, 3.8) is 0 Å². The van der Waals surface area contributed by atoms with Crippen molar-refractivity contribution in [3.05, 3.63) is 50.4 Å². The molecular weight excluding hydrogens is 416 g/mol. The predicted octanol–water partition coefficient (Wildman–Crippen LogP) is 4.06. The van der Waals surface area contributed by atoms with E-state index in [1.54, 1.807) is 16.2 Å². The molecule has 0 N–H and O–H groups in total. The number of hydrogen-bond acceptors (Lipinski definition) is 5. The van der Waals surface area contributed by atoms with Crippen LogP contribution >= 0.6 is 27.3 Å².